The van der Waals surface area contributed by atoms with Gasteiger partial charge in [-0.3, -0.25) is 4.79 Å². The normalized spacial score (nSPS) is 28.4. The van der Waals surface area contributed by atoms with Crippen LogP contribution in [-0.4, -0.2) is 47.5 Å². The number of carbonyl (C=O) groups is 1. The van der Waals surface area contributed by atoms with Crippen molar-refractivity contribution in [2.24, 2.45) is 0 Å². The van der Waals surface area contributed by atoms with Crippen molar-refractivity contribution in [3.8, 4) is 0 Å². The Kier molecular flexibility index (Phi) is 4.74. The number of likely N-dealkylation sites (N-methyl/N-ethyl adjacent to an activating group) is 1. The van der Waals surface area contributed by atoms with Crippen LogP contribution in [0, 0.1) is 0 Å². The Balaban J connectivity index is 1.71. The van der Waals surface area contributed by atoms with Gasteiger partial charge < -0.3 is 10.2 Å². The SMILES string of the molecule is CCSC1CCCC1NCC(=O)N(C)C1CC1. The van der Waals surface area contributed by atoms with Crippen molar-refractivity contribution in [3.63, 3.8) is 0 Å². The van der Waals surface area contributed by atoms with E-state index in [1.807, 2.05) is 23.7 Å². The van der Waals surface area contributed by atoms with Crippen LogP contribution in [0.3, 0.4) is 0 Å². The lowest BCUT2D eigenvalue weighted by atomic mass is 10.2. The zero-order valence-corrected chi connectivity index (χ0v) is 11.8. The maximum absolute atomic E-state index is 11.9. The number of thioether (sulfide) groups is 1. The van der Waals surface area contributed by atoms with E-state index < -0.39 is 0 Å². The van der Waals surface area contributed by atoms with Crippen LogP contribution in [0.25, 0.3) is 0 Å². The summed E-state index contributed by atoms with van der Waals surface area (Å²) in [6, 6.07) is 1.09. The molecule has 4 heteroatoms. The molecule has 0 heterocycles. The zero-order chi connectivity index (χ0) is 12.3. The molecule has 2 fully saturated rings. The summed E-state index contributed by atoms with van der Waals surface area (Å²) in [5.41, 5.74) is 0. The summed E-state index contributed by atoms with van der Waals surface area (Å²) >= 11 is 2.04. The Labute approximate surface area is 109 Å². The van der Waals surface area contributed by atoms with Gasteiger partial charge in [0, 0.05) is 24.4 Å². The van der Waals surface area contributed by atoms with E-state index in [0.717, 1.165) is 5.25 Å². The third-order valence-corrected chi connectivity index (χ3v) is 5.16. The summed E-state index contributed by atoms with van der Waals surface area (Å²) in [6.45, 7) is 2.74. The van der Waals surface area contributed by atoms with Gasteiger partial charge in [-0.25, -0.2) is 0 Å². The van der Waals surface area contributed by atoms with E-state index in [4.69, 9.17) is 0 Å². The molecule has 0 saturated heterocycles. The standard InChI is InChI=1S/C13H24N2OS/c1-3-17-12-6-4-5-11(12)14-9-13(16)15(2)10-7-8-10/h10-12,14H,3-9H2,1-2H3. The minimum absolute atomic E-state index is 0.264. The quantitative estimate of drug-likeness (QED) is 0.787. The molecule has 1 amide bonds. The van der Waals surface area contributed by atoms with Crippen molar-refractivity contribution in [2.45, 2.75) is 56.4 Å². The predicted molar refractivity (Wildman–Crippen MR) is 73.4 cm³/mol. The third kappa shape index (κ3) is 3.62. The highest BCUT2D eigenvalue weighted by molar-refractivity contribution is 7.99. The first-order chi connectivity index (χ1) is 8.22. The van der Waals surface area contributed by atoms with E-state index in [9.17, 15) is 4.79 Å². The molecule has 2 saturated carbocycles. The van der Waals surface area contributed by atoms with Gasteiger partial charge in [0.05, 0.1) is 6.54 Å². The number of nitrogens with zero attached hydrogens (tertiary/aromatic N) is 1. The number of hydrogen-bond acceptors (Lipinski definition) is 3. The first kappa shape index (κ1) is 13.2. The number of amides is 1. The van der Waals surface area contributed by atoms with Crippen molar-refractivity contribution in [1.82, 2.24) is 10.2 Å². The van der Waals surface area contributed by atoms with E-state index in [2.05, 4.69) is 12.2 Å². The van der Waals surface area contributed by atoms with Gasteiger partial charge in [-0.1, -0.05) is 13.3 Å². The molecule has 0 aromatic heterocycles. The predicted octanol–water partition coefficient (Wildman–Crippen LogP) is 1.87. The van der Waals surface area contributed by atoms with E-state index in [-0.39, 0.29) is 5.91 Å². The van der Waals surface area contributed by atoms with E-state index in [1.54, 1.807) is 0 Å². The van der Waals surface area contributed by atoms with Crippen molar-refractivity contribution in [2.75, 3.05) is 19.3 Å². The highest BCUT2D eigenvalue weighted by Crippen LogP contribution is 2.30. The number of carbonyl (C=O) groups excluding carboxylic acids is 1. The minimum Gasteiger partial charge on any atom is -0.342 e. The van der Waals surface area contributed by atoms with Crippen LogP contribution in [-0.2, 0) is 4.79 Å². The Bertz CT molecular complexity index is 268. The lowest BCUT2D eigenvalue weighted by Gasteiger charge is -2.22. The lowest BCUT2D eigenvalue weighted by molar-refractivity contribution is -0.129. The average Bonchev–Trinajstić information content (AvgIpc) is 3.08. The molecule has 2 aliphatic rings. The molecule has 0 aromatic carbocycles. The molecule has 2 rings (SSSR count). The Morgan fingerprint density at radius 2 is 2.12 bits per heavy atom. The van der Waals surface area contributed by atoms with E-state index in [0.29, 0.717) is 18.6 Å². The molecule has 0 aliphatic heterocycles. The second-order valence-corrected chi connectivity index (χ2v) is 6.66. The molecule has 0 spiro atoms. The molecule has 0 radical (unpaired) electrons. The third-order valence-electron chi connectivity index (χ3n) is 3.84. The lowest BCUT2D eigenvalue weighted by Crippen LogP contribution is -2.43. The molecule has 98 valence electrons. The van der Waals surface area contributed by atoms with Gasteiger partial charge in [-0.05, 0) is 31.4 Å². The molecular formula is C13H24N2OS. The Morgan fingerprint density at radius 3 is 2.76 bits per heavy atom. The molecule has 0 aromatic rings. The largest absolute Gasteiger partial charge is 0.342 e. The molecule has 1 N–H and O–H groups in total. The van der Waals surface area contributed by atoms with E-state index >= 15 is 0 Å². The summed E-state index contributed by atoms with van der Waals surface area (Å²) in [5.74, 6) is 1.44. The maximum Gasteiger partial charge on any atom is 0.236 e. The van der Waals surface area contributed by atoms with Crippen LogP contribution in [0.15, 0.2) is 0 Å². The summed E-state index contributed by atoms with van der Waals surface area (Å²) in [4.78, 5) is 13.8. The van der Waals surface area contributed by atoms with Gasteiger partial charge in [-0.2, -0.15) is 11.8 Å². The first-order valence-electron chi connectivity index (χ1n) is 6.83. The van der Waals surface area contributed by atoms with Crippen molar-refractivity contribution in [3.05, 3.63) is 0 Å². The number of rotatable bonds is 6. The Hall–Kier alpha value is -0.220. The van der Waals surface area contributed by atoms with Gasteiger partial charge >= 0.3 is 0 Å². The Morgan fingerprint density at radius 1 is 1.35 bits per heavy atom. The number of nitrogens with one attached hydrogen (secondary N) is 1. The molecular weight excluding hydrogens is 232 g/mol. The fraction of sp³-hybridized carbons (Fsp3) is 0.923. The maximum atomic E-state index is 11.9. The fourth-order valence-electron chi connectivity index (χ4n) is 2.58. The molecule has 0 bridgehead atoms. The van der Waals surface area contributed by atoms with Crippen LogP contribution < -0.4 is 5.32 Å². The second kappa shape index (κ2) is 6.10. The second-order valence-electron chi connectivity index (χ2n) is 5.15. The van der Waals surface area contributed by atoms with Gasteiger partial charge in [0.1, 0.15) is 0 Å². The first-order valence-corrected chi connectivity index (χ1v) is 7.88. The van der Waals surface area contributed by atoms with Gasteiger partial charge in [-0.15, -0.1) is 0 Å². The number of hydrogen-bond donors (Lipinski definition) is 1. The van der Waals surface area contributed by atoms with Crippen molar-refractivity contribution < 1.29 is 4.79 Å². The summed E-state index contributed by atoms with van der Waals surface area (Å²) in [5, 5.41) is 4.19. The van der Waals surface area contributed by atoms with Crippen LogP contribution in [0.5, 0.6) is 0 Å². The molecule has 2 atom stereocenters. The van der Waals surface area contributed by atoms with Gasteiger partial charge in [0.25, 0.3) is 0 Å². The molecule has 3 nitrogen and oxygen atoms in total. The summed E-state index contributed by atoms with van der Waals surface area (Å²) in [6.07, 6.45) is 6.24. The molecule has 17 heavy (non-hydrogen) atoms. The van der Waals surface area contributed by atoms with Crippen LogP contribution in [0.2, 0.25) is 0 Å². The monoisotopic (exact) mass is 256 g/mol. The van der Waals surface area contributed by atoms with Crippen LogP contribution in [0.4, 0.5) is 0 Å². The van der Waals surface area contributed by atoms with Gasteiger partial charge in [0.2, 0.25) is 5.91 Å². The topological polar surface area (TPSA) is 32.3 Å². The summed E-state index contributed by atoms with van der Waals surface area (Å²) < 4.78 is 0. The van der Waals surface area contributed by atoms with Crippen LogP contribution >= 0.6 is 11.8 Å². The molecule has 2 unspecified atom stereocenters. The average molecular weight is 256 g/mol. The highest BCUT2D eigenvalue weighted by atomic mass is 32.2. The van der Waals surface area contributed by atoms with Crippen molar-refractivity contribution in [1.29, 1.82) is 0 Å². The minimum atomic E-state index is 0.264. The zero-order valence-electron chi connectivity index (χ0n) is 10.9. The van der Waals surface area contributed by atoms with E-state index in [1.165, 1.54) is 37.9 Å². The van der Waals surface area contributed by atoms with Crippen LogP contribution in [0.1, 0.15) is 39.0 Å². The molecule has 2 aliphatic carbocycles. The summed E-state index contributed by atoms with van der Waals surface area (Å²) in [7, 11) is 1.94. The van der Waals surface area contributed by atoms with Crippen molar-refractivity contribution >= 4 is 17.7 Å². The van der Waals surface area contributed by atoms with Gasteiger partial charge in [0.15, 0.2) is 0 Å². The smallest absolute Gasteiger partial charge is 0.236 e. The fourth-order valence-corrected chi connectivity index (χ4v) is 3.81. The highest BCUT2D eigenvalue weighted by Gasteiger charge is 2.31.